The van der Waals surface area contributed by atoms with E-state index in [0.29, 0.717) is 36.3 Å². The number of carboxylic acid groups (broad SMARTS) is 1. The van der Waals surface area contributed by atoms with Gasteiger partial charge in [0.05, 0.1) is 27.3 Å². The van der Waals surface area contributed by atoms with Gasteiger partial charge in [-0.05, 0) is 67.9 Å². The highest BCUT2D eigenvalue weighted by Crippen LogP contribution is 2.47. The fourth-order valence-corrected chi connectivity index (χ4v) is 9.83. The molecular weight excluding hydrogens is 645 g/mol. The maximum Gasteiger partial charge on any atom is 0.420 e. The molecular formula is C30H29F3N6O5S2. The van der Waals surface area contributed by atoms with E-state index in [1.165, 1.54) is 9.80 Å². The zero-order valence-corrected chi connectivity index (χ0v) is 26.0. The second-order valence-electron chi connectivity index (χ2n) is 12.6. The van der Waals surface area contributed by atoms with Crippen molar-refractivity contribution in [1.82, 2.24) is 19.8 Å². The molecule has 2 aliphatic carbocycles. The Labute approximate surface area is 266 Å². The molecule has 2 aromatic heterocycles. The lowest BCUT2D eigenvalue weighted by Crippen LogP contribution is -2.48. The van der Waals surface area contributed by atoms with Crippen molar-refractivity contribution in [2.24, 2.45) is 0 Å². The number of anilines is 3. The van der Waals surface area contributed by atoms with E-state index in [0.717, 1.165) is 49.4 Å². The number of rotatable bonds is 6. The van der Waals surface area contributed by atoms with Gasteiger partial charge in [0.1, 0.15) is 10.4 Å². The summed E-state index contributed by atoms with van der Waals surface area (Å²) >= 11 is 0.714. The second kappa shape index (κ2) is 10.3. The summed E-state index contributed by atoms with van der Waals surface area (Å²) < 4.78 is 68.9. The van der Waals surface area contributed by atoms with Crippen molar-refractivity contribution in [3.05, 3.63) is 46.5 Å². The van der Waals surface area contributed by atoms with Gasteiger partial charge in [0, 0.05) is 49.3 Å². The van der Waals surface area contributed by atoms with Crippen molar-refractivity contribution < 1.29 is 36.3 Å². The van der Waals surface area contributed by atoms with Crippen LogP contribution in [-0.4, -0.2) is 88.8 Å². The summed E-state index contributed by atoms with van der Waals surface area (Å²) in [6.45, 7) is 1.10. The number of aromatic nitrogens is 2. The fraction of sp³-hybridized carbons (Fsp3) is 0.467. The Morgan fingerprint density at radius 2 is 1.83 bits per heavy atom. The zero-order valence-electron chi connectivity index (χ0n) is 24.3. The van der Waals surface area contributed by atoms with Crippen LogP contribution in [-0.2, 0) is 16.0 Å². The molecule has 3 aromatic rings. The average Bonchev–Trinajstić information content (AvgIpc) is 3.91. The van der Waals surface area contributed by atoms with Crippen molar-refractivity contribution >= 4 is 50.5 Å². The number of piperazine rings is 1. The predicted octanol–water partition coefficient (Wildman–Crippen LogP) is 5.18. The van der Waals surface area contributed by atoms with Crippen molar-refractivity contribution in [2.75, 3.05) is 35.6 Å². The summed E-state index contributed by atoms with van der Waals surface area (Å²) in [5.41, 5.74) is 0.957. The summed E-state index contributed by atoms with van der Waals surface area (Å²) in [5.74, 6) is -0.609. The molecule has 8 rings (SSSR count). The zero-order chi connectivity index (χ0) is 32.1. The van der Waals surface area contributed by atoms with Crippen LogP contribution in [0.4, 0.5) is 35.3 Å². The molecule has 1 aromatic carbocycles. The highest BCUT2D eigenvalue weighted by Gasteiger charge is 2.46. The first kappa shape index (κ1) is 29.5. The van der Waals surface area contributed by atoms with Crippen LogP contribution in [0.1, 0.15) is 58.8 Å². The summed E-state index contributed by atoms with van der Waals surface area (Å²) in [5, 5.41) is 12.6. The SMILES string of the molecule is O=C1c2sc(-c3nc(Nc4ccc(N5C[C@H]6C[C@@H]5CN6C(=O)O)cc4C4CC4)ncc3C(F)(F)F)cc2S(=O)(=O)CCN1C1CC1. The van der Waals surface area contributed by atoms with Gasteiger partial charge in [-0.1, -0.05) is 0 Å². The van der Waals surface area contributed by atoms with Gasteiger partial charge in [-0.3, -0.25) is 4.79 Å². The van der Waals surface area contributed by atoms with E-state index >= 15 is 0 Å². The molecule has 5 aliphatic rings. The molecule has 2 amide bonds. The Hall–Kier alpha value is -3.92. The quantitative estimate of drug-likeness (QED) is 0.363. The van der Waals surface area contributed by atoms with Gasteiger partial charge in [0.25, 0.3) is 5.91 Å². The van der Waals surface area contributed by atoms with E-state index in [9.17, 15) is 36.3 Å². The van der Waals surface area contributed by atoms with Gasteiger partial charge in [-0.2, -0.15) is 13.2 Å². The van der Waals surface area contributed by atoms with Crippen LogP contribution in [0.3, 0.4) is 0 Å². The van der Waals surface area contributed by atoms with Crippen LogP contribution in [0.2, 0.25) is 0 Å². The molecule has 11 nitrogen and oxygen atoms in total. The van der Waals surface area contributed by atoms with Crippen molar-refractivity contribution in [3.8, 4) is 10.6 Å². The van der Waals surface area contributed by atoms with Gasteiger partial charge in [0.15, 0.2) is 9.84 Å². The van der Waals surface area contributed by atoms with Gasteiger partial charge >= 0.3 is 12.3 Å². The molecule has 16 heteroatoms. The number of hydrogen-bond donors (Lipinski definition) is 2. The lowest BCUT2D eigenvalue weighted by molar-refractivity contribution is -0.137. The number of nitrogens with one attached hydrogen (secondary N) is 1. The van der Waals surface area contributed by atoms with Crippen molar-refractivity contribution in [2.45, 2.75) is 67.2 Å². The molecule has 0 radical (unpaired) electrons. The fourth-order valence-electron chi connectivity index (χ4n) is 6.92. The molecule has 2 bridgehead atoms. The van der Waals surface area contributed by atoms with Gasteiger partial charge < -0.3 is 25.1 Å². The van der Waals surface area contributed by atoms with E-state index in [4.69, 9.17) is 0 Å². The van der Waals surface area contributed by atoms with Gasteiger partial charge in [0.2, 0.25) is 5.95 Å². The maximum atomic E-state index is 14.2. The third kappa shape index (κ3) is 5.05. The Morgan fingerprint density at radius 1 is 1.04 bits per heavy atom. The number of likely N-dealkylation sites (tertiary alicyclic amines) is 1. The van der Waals surface area contributed by atoms with E-state index < -0.39 is 39.3 Å². The van der Waals surface area contributed by atoms with Crippen molar-refractivity contribution in [3.63, 3.8) is 0 Å². The highest BCUT2D eigenvalue weighted by molar-refractivity contribution is 7.91. The molecule has 3 aliphatic heterocycles. The largest absolute Gasteiger partial charge is 0.465 e. The molecule has 46 heavy (non-hydrogen) atoms. The molecule has 2 saturated heterocycles. The third-order valence-electron chi connectivity index (χ3n) is 9.52. The van der Waals surface area contributed by atoms with E-state index in [-0.39, 0.29) is 56.9 Å². The molecule has 4 fully saturated rings. The summed E-state index contributed by atoms with van der Waals surface area (Å²) in [4.78, 5) is 37.9. The topological polar surface area (TPSA) is 136 Å². The van der Waals surface area contributed by atoms with E-state index in [1.807, 2.05) is 12.1 Å². The lowest BCUT2D eigenvalue weighted by Gasteiger charge is -2.34. The number of halogens is 3. The van der Waals surface area contributed by atoms with E-state index in [2.05, 4.69) is 26.3 Å². The minimum atomic E-state index is -4.83. The first-order chi connectivity index (χ1) is 21.9. The van der Waals surface area contributed by atoms with E-state index in [1.54, 1.807) is 0 Å². The number of amides is 2. The smallest absolute Gasteiger partial charge is 0.420 e. The monoisotopic (exact) mass is 674 g/mol. The molecule has 2 atom stereocenters. The van der Waals surface area contributed by atoms with Gasteiger partial charge in [-0.25, -0.2) is 23.2 Å². The number of carbonyl (C=O) groups is 2. The van der Waals surface area contributed by atoms with Crippen LogP contribution in [0.25, 0.3) is 10.6 Å². The molecule has 5 heterocycles. The maximum absolute atomic E-state index is 14.2. The van der Waals surface area contributed by atoms with Crippen molar-refractivity contribution in [1.29, 1.82) is 0 Å². The summed E-state index contributed by atoms with van der Waals surface area (Å²) in [7, 11) is -3.90. The molecule has 0 spiro atoms. The second-order valence-corrected chi connectivity index (χ2v) is 15.7. The normalized spacial score (nSPS) is 23.9. The number of carbonyl (C=O) groups excluding carboxylic acids is 1. The van der Waals surface area contributed by atoms with Crippen LogP contribution < -0.4 is 10.2 Å². The minimum Gasteiger partial charge on any atom is -0.465 e. The molecule has 2 saturated carbocycles. The number of benzene rings is 1. The summed E-state index contributed by atoms with van der Waals surface area (Å²) in [6, 6.07) is 6.92. The highest BCUT2D eigenvalue weighted by atomic mass is 32.2. The average molecular weight is 675 g/mol. The first-order valence-corrected chi connectivity index (χ1v) is 17.6. The Bertz CT molecular complexity index is 1890. The summed E-state index contributed by atoms with van der Waals surface area (Å²) in [6.07, 6.45) is -0.838. The standard InChI is InChI=1S/C30H29F3N6O5S2/c31-30(32,33)21-12-34-28(36-25(21)23-11-24-26(45-23)27(40)37(16-3-4-16)7-8-46(24,43)44)35-22-6-5-17(10-20(22)15-1-2-15)38-13-19-9-18(38)14-39(19)29(41)42/h5-6,10-12,15-16,18-19H,1-4,7-9,13-14H2,(H,41,42)(H,34,35,36)/t18-,19-/m1/s1. The Kier molecular flexibility index (Phi) is 6.59. The Morgan fingerprint density at radius 3 is 2.48 bits per heavy atom. The number of thiophene rings is 1. The number of fused-ring (bicyclic) bond motifs is 3. The van der Waals surface area contributed by atoms with Gasteiger partial charge in [-0.15, -0.1) is 11.3 Å². The first-order valence-electron chi connectivity index (χ1n) is 15.2. The molecule has 242 valence electrons. The third-order valence-corrected chi connectivity index (χ3v) is 12.5. The number of hydrogen-bond acceptors (Lipinski definition) is 9. The van der Waals surface area contributed by atoms with Crippen LogP contribution in [0.5, 0.6) is 0 Å². The molecule has 2 N–H and O–H groups in total. The number of sulfone groups is 1. The minimum absolute atomic E-state index is 0.0492. The predicted molar refractivity (Wildman–Crippen MR) is 162 cm³/mol. The lowest BCUT2D eigenvalue weighted by atomic mass is 10.1. The van der Waals surface area contributed by atoms with Crippen LogP contribution in [0.15, 0.2) is 35.4 Å². The Balaban J connectivity index is 1.13. The molecule has 0 unspecified atom stereocenters. The van der Waals surface area contributed by atoms with Crippen LogP contribution in [0, 0.1) is 0 Å². The number of nitrogens with zero attached hydrogens (tertiary/aromatic N) is 5. The number of alkyl halides is 3. The van der Waals surface area contributed by atoms with Crippen LogP contribution >= 0.6 is 11.3 Å².